The van der Waals surface area contributed by atoms with Crippen molar-refractivity contribution in [2.75, 3.05) is 5.73 Å². The van der Waals surface area contributed by atoms with Crippen LogP contribution in [0.4, 0.5) is 5.82 Å². The van der Waals surface area contributed by atoms with Gasteiger partial charge < -0.3 is 14.7 Å². The lowest BCUT2D eigenvalue weighted by atomic mass is 10.0. The second kappa shape index (κ2) is 4.59. The highest BCUT2D eigenvalue weighted by atomic mass is 79.9. The van der Waals surface area contributed by atoms with Crippen LogP contribution in [0.1, 0.15) is 5.76 Å². The lowest BCUT2D eigenvalue weighted by molar-refractivity contribution is 0.435. The molecule has 0 amide bonds. The Hall–Kier alpha value is -2.01. The van der Waals surface area contributed by atoms with Gasteiger partial charge in [-0.25, -0.2) is 0 Å². The van der Waals surface area contributed by atoms with Gasteiger partial charge in [0, 0.05) is 10.0 Å². The molecule has 3 rings (SSSR count). The molecule has 0 radical (unpaired) electrons. The number of nitrogens with two attached hydrogens (primary N) is 1. The summed E-state index contributed by atoms with van der Waals surface area (Å²) in [4.78, 5) is 0. The van der Waals surface area contributed by atoms with Gasteiger partial charge in [-0.3, -0.25) is 0 Å². The van der Waals surface area contributed by atoms with E-state index < -0.39 is 0 Å². The van der Waals surface area contributed by atoms with Gasteiger partial charge in [0.2, 0.25) is 0 Å². The van der Waals surface area contributed by atoms with Crippen LogP contribution in [0.25, 0.3) is 22.5 Å². The highest BCUT2D eigenvalue weighted by Crippen LogP contribution is 2.40. The van der Waals surface area contributed by atoms with Gasteiger partial charge in [-0.1, -0.05) is 39.3 Å². The lowest BCUT2D eigenvalue weighted by Gasteiger charge is -2.03. The van der Waals surface area contributed by atoms with E-state index in [0.29, 0.717) is 11.6 Å². The van der Waals surface area contributed by atoms with Crippen molar-refractivity contribution in [2.24, 2.45) is 0 Å². The van der Waals surface area contributed by atoms with E-state index >= 15 is 0 Å². The van der Waals surface area contributed by atoms with Crippen molar-refractivity contribution in [3.63, 3.8) is 0 Å². The number of furan rings is 1. The molecule has 0 fully saturated rings. The molecule has 5 heteroatoms. The zero-order valence-corrected chi connectivity index (χ0v) is 11.8. The third-order valence-corrected chi connectivity index (χ3v) is 3.55. The standard InChI is InChI=1S/C14H11BrN2O2/c1-8-6-9(7-18-8)13-12(14(16)17-19-13)10-4-2-3-5-11(10)15/h2-7H,1H3,(H2,16,17). The Labute approximate surface area is 118 Å². The number of anilines is 1. The number of halogens is 1. The van der Waals surface area contributed by atoms with E-state index in [-0.39, 0.29) is 0 Å². The monoisotopic (exact) mass is 318 g/mol. The molecule has 0 saturated heterocycles. The van der Waals surface area contributed by atoms with Crippen LogP contribution >= 0.6 is 15.9 Å². The van der Waals surface area contributed by atoms with Crippen LogP contribution in [-0.4, -0.2) is 5.16 Å². The fourth-order valence-corrected chi connectivity index (χ4v) is 2.47. The molecule has 0 spiro atoms. The summed E-state index contributed by atoms with van der Waals surface area (Å²) in [6.45, 7) is 1.88. The van der Waals surface area contributed by atoms with Gasteiger partial charge in [-0.15, -0.1) is 0 Å². The average molecular weight is 319 g/mol. The number of nitrogens with zero attached hydrogens (tertiary/aromatic N) is 1. The Bertz CT molecular complexity index is 731. The van der Waals surface area contributed by atoms with E-state index in [0.717, 1.165) is 26.9 Å². The molecule has 19 heavy (non-hydrogen) atoms. The minimum atomic E-state index is 0.362. The minimum Gasteiger partial charge on any atom is -0.469 e. The third kappa shape index (κ3) is 2.06. The summed E-state index contributed by atoms with van der Waals surface area (Å²) in [5.41, 5.74) is 8.47. The summed E-state index contributed by atoms with van der Waals surface area (Å²) < 4.78 is 11.6. The van der Waals surface area contributed by atoms with Crippen molar-refractivity contribution < 1.29 is 8.94 Å². The highest BCUT2D eigenvalue weighted by molar-refractivity contribution is 9.10. The second-order valence-corrected chi connectivity index (χ2v) is 5.05. The summed E-state index contributed by atoms with van der Waals surface area (Å²) in [6, 6.07) is 9.69. The Morgan fingerprint density at radius 2 is 2.05 bits per heavy atom. The van der Waals surface area contributed by atoms with Gasteiger partial charge in [-0.05, 0) is 19.1 Å². The molecule has 0 aliphatic rings. The first-order chi connectivity index (χ1) is 9.16. The van der Waals surface area contributed by atoms with Crippen molar-refractivity contribution in [2.45, 2.75) is 6.92 Å². The van der Waals surface area contributed by atoms with Crippen molar-refractivity contribution >= 4 is 21.7 Å². The molecule has 0 aliphatic heterocycles. The maximum atomic E-state index is 5.93. The van der Waals surface area contributed by atoms with Gasteiger partial charge in [0.25, 0.3) is 0 Å². The quantitative estimate of drug-likeness (QED) is 0.766. The fraction of sp³-hybridized carbons (Fsp3) is 0.0714. The molecule has 3 aromatic rings. The van der Waals surface area contributed by atoms with E-state index in [1.165, 1.54) is 0 Å². The van der Waals surface area contributed by atoms with Gasteiger partial charge in [0.15, 0.2) is 11.6 Å². The Kier molecular flexibility index (Phi) is 2.91. The highest BCUT2D eigenvalue weighted by Gasteiger charge is 2.20. The predicted molar refractivity (Wildman–Crippen MR) is 76.5 cm³/mol. The van der Waals surface area contributed by atoms with Crippen LogP contribution in [0.15, 0.2) is 50.0 Å². The first kappa shape index (κ1) is 12.0. The van der Waals surface area contributed by atoms with Crippen LogP contribution in [-0.2, 0) is 0 Å². The topological polar surface area (TPSA) is 65.2 Å². The number of aryl methyl sites for hydroxylation is 1. The van der Waals surface area contributed by atoms with E-state index in [1.54, 1.807) is 6.26 Å². The number of nitrogen functional groups attached to an aromatic ring is 1. The molecule has 2 aromatic heterocycles. The van der Waals surface area contributed by atoms with E-state index in [9.17, 15) is 0 Å². The molecule has 2 N–H and O–H groups in total. The predicted octanol–water partition coefficient (Wildman–Crippen LogP) is 4.25. The number of hydrogen-bond donors (Lipinski definition) is 1. The number of hydrogen-bond acceptors (Lipinski definition) is 4. The van der Waals surface area contributed by atoms with Gasteiger partial charge >= 0.3 is 0 Å². The zero-order valence-electron chi connectivity index (χ0n) is 10.2. The molecule has 0 atom stereocenters. The Morgan fingerprint density at radius 1 is 1.26 bits per heavy atom. The lowest BCUT2D eigenvalue weighted by Crippen LogP contribution is -1.89. The SMILES string of the molecule is Cc1cc(-c2onc(N)c2-c2ccccc2Br)co1. The second-order valence-electron chi connectivity index (χ2n) is 4.20. The molecule has 96 valence electrons. The van der Waals surface area contributed by atoms with Crippen molar-refractivity contribution in [1.29, 1.82) is 0 Å². The van der Waals surface area contributed by atoms with E-state index in [1.807, 2.05) is 37.3 Å². The Morgan fingerprint density at radius 3 is 2.74 bits per heavy atom. The maximum absolute atomic E-state index is 5.93. The summed E-state index contributed by atoms with van der Waals surface area (Å²) in [5, 5.41) is 3.86. The number of aromatic nitrogens is 1. The summed E-state index contributed by atoms with van der Waals surface area (Å²) in [7, 11) is 0. The van der Waals surface area contributed by atoms with Gasteiger partial charge in [-0.2, -0.15) is 0 Å². The molecular formula is C14H11BrN2O2. The summed E-state index contributed by atoms with van der Waals surface area (Å²) in [5.74, 6) is 1.78. The molecule has 0 saturated carbocycles. The van der Waals surface area contributed by atoms with Crippen LogP contribution < -0.4 is 5.73 Å². The van der Waals surface area contributed by atoms with Gasteiger partial charge in [0.1, 0.15) is 12.0 Å². The average Bonchev–Trinajstić information content (AvgIpc) is 2.96. The van der Waals surface area contributed by atoms with Gasteiger partial charge in [0.05, 0.1) is 11.1 Å². The van der Waals surface area contributed by atoms with Crippen LogP contribution in [0.5, 0.6) is 0 Å². The molecular weight excluding hydrogens is 308 g/mol. The molecule has 0 bridgehead atoms. The Balaban J connectivity index is 2.22. The minimum absolute atomic E-state index is 0.362. The molecule has 2 heterocycles. The van der Waals surface area contributed by atoms with Crippen LogP contribution in [0.3, 0.4) is 0 Å². The van der Waals surface area contributed by atoms with Crippen molar-refractivity contribution in [3.05, 3.63) is 46.8 Å². The van der Waals surface area contributed by atoms with Crippen LogP contribution in [0, 0.1) is 6.92 Å². The normalized spacial score (nSPS) is 10.8. The van der Waals surface area contributed by atoms with Crippen molar-refractivity contribution in [3.8, 4) is 22.5 Å². The largest absolute Gasteiger partial charge is 0.469 e. The van der Waals surface area contributed by atoms with Crippen LogP contribution in [0.2, 0.25) is 0 Å². The molecule has 1 aromatic carbocycles. The van der Waals surface area contributed by atoms with Crippen molar-refractivity contribution in [1.82, 2.24) is 5.16 Å². The molecule has 4 nitrogen and oxygen atoms in total. The smallest absolute Gasteiger partial charge is 0.180 e. The maximum Gasteiger partial charge on any atom is 0.180 e. The first-order valence-electron chi connectivity index (χ1n) is 5.72. The number of benzene rings is 1. The first-order valence-corrected chi connectivity index (χ1v) is 6.51. The summed E-state index contributed by atoms with van der Waals surface area (Å²) >= 11 is 3.52. The third-order valence-electron chi connectivity index (χ3n) is 2.85. The van der Waals surface area contributed by atoms with E-state index in [2.05, 4.69) is 21.1 Å². The fourth-order valence-electron chi connectivity index (χ4n) is 1.99. The molecule has 0 unspecified atom stereocenters. The number of rotatable bonds is 2. The zero-order chi connectivity index (χ0) is 13.4. The van der Waals surface area contributed by atoms with E-state index in [4.69, 9.17) is 14.7 Å². The summed E-state index contributed by atoms with van der Waals surface area (Å²) in [6.07, 6.45) is 1.63. The molecule has 0 aliphatic carbocycles.